The highest BCUT2D eigenvalue weighted by molar-refractivity contribution is 6.31. The molecule has 0 N–H and O–H groups in total. The zero-order valence-corrected chi connectivity index (χ0v) is 14.1. The van der Waals surface area contributed by atoms with Crippen LogP contribution >= 0.6 is 23.2 Å². The Bertz CT molecular complexity index is 591. The smallest absolute Gasteiger partial charge is 0.129 e. The Balaban J connectivity index is 2.35. The van der Waals surface area contributed by atoms with E-state index in [2.05, 4.69) is 30.9 Å². The monoisotopic (exact) mass is 322 g/mol. The van der Waals surface area contributed by atoms with Crippen molar-refractivity contribution in [1.82, 2.24) is 4.98 Å². The zero-order valence-electron chi connectivity index (χ0n) is 12.6. The molecule has 0 saturated heterocycles. The highest BCUT2D eigenvalue weighted by Crippen LogP contribution is 2.29. The van der Waals surface area contributed by atoms with Crippen molar-refractivity contribution >= 4 is 29.0 Å². The fourth-order valence-electron chi connectivity index (χ4n) is 2.29. The summed E-state index contributed by atoms with van der Waals surface area (Å²) in [6.07, 6.45) is 0.895. The van der Waals surface area contributed by atoms with Crippen LogP contribution < -0.4 is 4.90 Å². The number of halogens is 2. The Morgan fingerprint density at radius 3 is 2.57 bits per heavy atom. The van der Waals surface area contributed by atoms with Gasteiger partial charge in [0.15, 0.2) is 0 Å². The molecule has 0 aliphatic carbocycles. The first kappa shape index (κ1) is 16.1. The van der Waals surface area contributed by atoms with Crippen LogP contribution in [0.15, 0.2) is 36.4 Å². The Kier molecular flexibility index (Phi) is 5.49. The van der Waals surface area contributed by atoms with Gasteiger partial charge >= 0.3 is 0 Å². The maximum atomic E-state index is 6.30. The average molecular weight is 323 g/mol. The molecule has 1 atom stereocenters. The predicted molar refractivity (Wildman–Crippen MR) is 91.4 cm³/mol. The molecule has 0 aliphatic rings. The maximum Gasteiger partial charge on any atom is 0.129 e. The molecule has 0 saturated carbocycles. The van der Waals surface area contributed by atoms with Gasteiger partial charge in [-0.1, -0.05) is 36.7 Å². The van der Waals surface area contributed by atoms with E-state index in [4.69, 9.17) is 28.2 Å². The minimum atomic E-state index is 0.140. The average Bonchev–Trinajstić information content (AvgIpc) is 2.53. The quantitative estimate of drug-likeness (QED) is 0.700. The van der Waals surface area contributed by atoms with E-state index in [1.165, 1.54) is 0 Å². The van der Waals surface area contributed by atoms with Gasteiger partial charge in [0.2, 0.25) is 0 Å². The molecule has 112 valence electrons. The van der Waals surface area contributed by atoms with E-state index < -0.39 is 0 Å². The van der Waals surface area contributed by atoms with E-state index in [-0.39, 0.29) is 6.04 Å². The van der Waals surface area contributed by atoms with Crippen molar-refractivity contribution in [3.63, 3.8) is 0 Å². The van der Waals surface area contributed by atoms with Crippen molar-refractivity contribution in [1.29, 1.82) is 0 Å². The number of hydrogen-bond donors (Lipinski definition) is 0. The summed E-state index contributed by atoms with van der Waals surface area (Å²) in [6.45, 7) is 4.23. The number of alkyl halides is 1. The summed E-state index contributed by atoms with van der Waals surface area (Å²) in [5.41, 5.74) is 3.25. The number of pyridine rings is 1. The lowest BCUT2D eigenvalue weighted by atomic mass is 10.1. The van der Waals surface area contributed by atoms with Gasteiger partial charge in [-0.2, -0.15) is 0 Å². The topological polar surface area (TPSA) is 16.1 Å². The highest BCUT2D eigenvalue weighted by Gasteiger charge is 2.16. The SMILES string of the molecule is CCc1cc(CCl)cc(N(C)C(C)c2ccccc2Cl)n1. The standard InChI is InChI=1S/C17H20Cl2N2/c1-4-14-9-13(11-18)10-17(20-14)21(3)12(2)15-7-5-6-8-16(15)19/h5-10,12H,4,11H2,1-3H3. The molecule has 21 heavy (non-hydrogen) atoms. The molecule has 0 fully saturated rings. The molecule has 1 heterocycles. The molecule has 1 unspecified atom stereocenters. The van der Waals surface area contributed by atoms with E-state index in [9.17, 15) is 0 Å². The molecule has 1 aromatic carbocycles. The second kappa shape index (κ2) is 7.15. The molecular formula is C17H20Cl2N2. The first-order chi connectivity index (χ1) is 10.1. The van der Waals surface area contributed by atoms with E-state index in [1.807, 2.05) is 31.3 Å². The lowest BCUT2D eigenvalue weighted by Gasteiger charge is -2.27. The first-order valence-electron chi connectivity index (χ1n) is 7.09. The van der Waals surface area contributed by atoms with Gasteiger partial charge in [0.25, 0.3) is 0 Å². The van der Waals surface area contributed by atoms with Gasteiger partial charge in [-0.15, -0.1) is 11.6 Å². The number of aryl methyl sites for hydroxylation is 1. The van der Waals surface area contributed by atoms with Crippen molar-refractivity contribution < 1.29 is 0 Å². The first-order valence-corrected chi connectivity index (χ1v) is 8.01. The molecule has 0 aliphatic heterocycles. The largest absolute Gasteiger partial charge is 0.353 e. The summed E-state index contributed by atoms with van der Waals surface area (Å²) < 4.78 is 0. The van der Waals surface area contributed by atoms with Crippen molar-refractivity contribution in [2.45, 2.75) is 32.2 Å². The third-order valence-corrected chi connectivity index (χ3v) is 4.39. The van der Waals surface area contributed by atoms with E-state index in [0.717, 1.165) is 34.1 Å². The normalized spacial score (nSPS) is 12.2. The molecule has 1 aromatic heterocycles. The third kappa shape index (κ3) is 3.69. The fourth-order valence-corrected chi connectivity index (χ4v) is 2.74. The van der Waals surface area contributed by atoms with Crippen LogP contribution in [0.25, 0.3) is 0 Å². The summed E-state index contributed by atoms with van der Waals surface area (Å²) in [7, 11) is 2.04. The number of benzene rings is 1. The number of anilines is 1. The van der Waals surface area contributed by atoms with Crippen LogP contribution in [-0.2, 0) is 12.3 Å². The minimum Gasteiger partial charge on any atom is -0.353 e. The predicted octanol–water partition coefficient (Wildman–Crippen LogP) is 5.23. The van der Waals surface area contributed by atoms with Gasteiger partial charge in [0, 0.05) is 23.6 Å². The Hall–Kier alpha value is -1.25. The molecule has 2 rings (SSSR count). The van der Waals surface area contributed by atoms with Crippen LogP contribution in [-0.4, -0.2) is 12.0 Å². The highest BCUT2D eigenvalue weighted by atomic mass is 35.5. The van der Waals surface area contributed by atoms with Gasteiger partial charge in [0.1, 0.15) is 5.82 Å². The van der Waals surface area contributed by atoms with Crippen molar-refractivity contribution in [2.24, 2.45) is 0 Å². The van der Waals surface area contributed by atoms with Crippen LogP contribution in [0.1, 0.15) is 36.7 Å². The van der Waals surface area contributed by atoms with Crippen LogP contribution in [0.3, 0.4) is 0 Å². The molecule has 0 amide bonds. The Morgan fingerprint density at radius 1 is 1.24 bits per heavy atom. The number of aromatic nitrogens is 1. The Labute approximate surface area is 136 Å². The molecule has 0 radical (unpaired) electrons. The zero-order chi connectivity index (χ0) is 15.4. The van der Waals surface area contributed by atoms with E-state index in [0.29, 0.717) is 5.88 Å². The van der Waals surface area contributed by atoms with Crippen LogP contribution in [0, 0.1) is 0 Å². The van der Waals surface area contributed by atoms with Crippen molar-refractivity contribution in [3.8, 4) is 0 Å². The molecule has 2 aromatic rings. The lowest BCUT2D eigenvalue weighted by molar-refractivity contribution is 0.725. The molecule has 0 spiro atoms. The third-order valence-electron chi connectivity index (χ3n) is 3.74. The van der Waals surface area contributed by atoms with Gasteiger partial charge in [-0.05, 0) is 42.7 Å². The summed E-state index contributed by atoms with van der Waals surface area (Å²) >= 11 is 12.3. The summed E-state index contributed by atoms with van der Waals surface area (Å²) in [4.78, 5) is 6.84. The number of rotatable bonds is 5. The van der Waals surface area contributed by atoms with Crippen LogP contribution in [0.5, 0.6) is 0 Å². The summed E-state index contributed by atoms with van der Waals surface area (Å²) in [6, 6.07) is 12.2. The Morgan fingerprint density at radius 2 is 1.95 bits per heavy atom. The van der Waals surface area contributed by atoms with Gasteiger partial charge < -0.3 is 4.90 Å². The maximum absolute atomic E-state index is 6.30. The minimum absolute atomic E-state index is 0.140. The summed E-state index contributed by atoms with van der Waals surface area (Å²) in [5.74, 6) is 1.43. The van der Waals surface area contributed by atoms with Gasteiger partial charge in [0.05, 0.1) is 6.04 Å². The van der Waals surface area contributed by atoms with Crippen molar-refractivity contribution in [3.05, 3.63) is 58.2 Å². The second-order valence-electron chi connectivity index (χ2n) is 5.12. The van der Waals surface area contributed by atoms with Crippen LogP contribution in [0.4, 0.5) is 5.82 Å². The summed E-state index contributed by atoms with van der Waals surface area (Å²) in [5, 5.41) is 0.779. The van der Waals surface area contributed by atoms with Gasteiger partial charge in [-0.25, -0.2) is 4.98 Å². The fraction of sp³-hybridized carbons (Fsp3) is 0.353. The van der Waals surface area contributed by atoms with Gasteiger partial charge in [-0.3, -0.25) is 0 Å². The van der Waals surface area contributed by atoms with E-state index in [1.54, 1.807) is 0 Å². The van der Waals surface area contributed by atoms with Crippen molar-refractivity contribution in [2.75, 3.05) is 11.9 Å². The number of hydrogen-bond acceptors (Lipinski definition) is 2. The molecule has 0 bridgehead atoms. The molecule has 4 heteroatoms. The van der Waals surface area contributed by atoms with E-state index >= 15 is 0 Å². The molecular weight excluding hydrogens is 303 g/mol. The second-order valence-corrected chi connectivity index (χ2v) is 5.79. The van der Waals surface area contributed by atoms with Crippen LogP contribution in [0.2, 0.25) is 5.02 Å². The lowest BCUT2D eigenvalue weighted by Crippen LogP contribution is -2.23. The number of nitrogens with zero attached hydrogens (tertiary/aromatic N) is 2. The molecule has 2 nitrogen and oxygen atoms in total.